The molecule has 0 spiro atoms. The summed E-state index contributed by atoms with van der Waals surface area (Å²) in [4.78, 5) is 0. The van der Waals surface area contributed by atoms with E-state index in [1.807, 2.05) is 32.1 Å². The largest absolute Gasteiger partial charge is 0.359 e. The number of anilines is 1. The van der Waals surface area contributed by atoms with Crippen molar-refractivity contribution in [2.75, 3.05) is 5.32 Å². The Bertz CT molecular complexity index is 336. The molecule has 0 radical (unpaired) electrons. The topological polar surface area (TPSA) is 12.0 Å². The number of benzene rings is 1. The molecule has 0 atom stereocenters. The minimum atomic E-state index is -0.217. The van der Waals surface area contributed by atoms with Crippen molar-refractivity contribution in [2.24, 2.45) is 0 Å². The summed E-state index contributed by atoms with van der Waals surface area (Å²) in [5.41, 5.74) is 1.92. The molecule has 1 rings (SSSR count). The SMILES string of the molecule is C/C=C\C=C(/C)Nc1ccc(F)cc1. The molecular weight excluding hydrogens is 177 g/mol. The van der Waals surface area contributed by atoms with Gasteiger partial charge in [0, 0.05) is 11.4 Å². The Morgan fingerprint density at radius 1 is 1.29 bits per heavy atom. The van der Waals surface area contributed by atoms with E-state index in [1.165, 1.54) is 12.1 Å². The van der Waals surface area contributed by atoms with Crippen LogP contribution in [0.5, 0.6) is 0 Å². The normalized spacial score (nSPS) is 12.1. The van der Waals surface area contributed by atoms with Gasteiger partial charge in [-0.2, -0.15) is 0 Å². The van der Waals surface area contributed by atoms with Crippen molar-refractivity contribution in [3.63, 3.8) is 0 Å². The lowest BCUT2D eigenvalue weighted by atomic mass is 10.3. The van der Waals surface area contributed by atoms with Crippen molar-refractivity contribution in [3.8, 4) is 0 Å². The smallest absolute Gasteiger partial charge is 0.123 e. The second kappa shape index (κ2) is 5.22. The summed E-state index contributed by atoms with van der Waals surface area (Å²) in [7, 11) is 0. The molecule has 74 valence electrons. The Labute approximate surface area is 84.0 Å². The van der Waals surface area contributed by atoms with E-state index >= 15 is 0 Å². The van der Waals surface area contributed by atoms with Gasteiger partial charge in [0.2, 0.25) is 0 Å². The van der Waals surface area contributed by atoms with Gasteiger partial charge in [0.15, 0.2) is 0 Å². The quantitative estimate of drug-likeness (QED) is 0.718. The van der Waals surface area contributed by atoms with E-state index in [0.29, 0.717) is 0 Å². The molecule has 1 N–H and O–H groups in total. The lowest BCUT2D eigenvalue weighted by Gasteiger charge is -2.04. The van der Waals surface area contributed by atoms with Gasteiger partial charge >= 0.3 is 0 Å². The summed E-state index contributed by atoms with van der Waals surface area (Å²) in [6.45, 7) is 3.92. The van der Waals surface area contributed by atoms with E-state index in [1.54, 1.807) is 12.1 Å². The minimum Gasteiger partial charge on any atom is -0.359 e. The number of halogens is 1. The Morgan fingerprint density at radius 3 is 2.50 bits per heavy atom. The van der Waals surface area contributed by atoms with Gasteiger partial charge in [-0.3, -0.25) is 0 Å². The second-order valence-electron chi connectivity index (χ2n) is 3.01. The maximum Gasteiger partial charge on any atom is 0.123 e. The highest BCUT2D eigenvalue weighted by atomic mass is 19.1. The van der Waals surface area contributed by atoms with E-state index in [2.05, 4.69) is 5.32 Å². The minimum absolute atomic E-state index is 0.217. The van der Waals surface area contributed by atoms with Gasteiger partial charge in [-0.25, -0.2) is 4.39 Å². The Balaban J connectivity index is 2.65. The molecule has 1 aromatic carbocycles. The summed E-state index contributed by atoms with van der Waals surface area (Å²) >= 11 is 0. The molecule has 0 unspecified atom stereocenters. The Hall–Kier alpha value is -1.57. The first-order chi connectivity index (χ1) is 6.72. The highest BCUT2D eigenvalue weighted by Gasteiger charge is 1.92. The maximum absolute atomic E-state index is 12.6. The third-order valence-corrected chi connectivity index (χ3v) is 1.72. The van der Waals surface area contributed by atoms with Gasteiger partial charge in [-0.15, -0.1) is 0 Å². The van der Waals surface area contributed by atoms with Crippen molar-refractivity contribution >= 4 is 5.69 Å². The predicted molar refractivity (Wildman–Crippen MR) is 58.6 cm³/mol. The van der Waals surface area contributed by atoms with Crippen LogP contribution in [-0.2, 0) is 0 Å². The zero-order valence-electron chi connectivity index (χ0n) is 8.42. The number of rotatable bonds is 3. The van der Waals surface area contributed by atoms with Gasteiger partial charge in [0.05, 0.1) is 0 Å². The molecular formula is C12H14FN. The highest BCUT2D eigenvalue weighted by Crippen LogP contribution is 2.10. The number of hydrogen-bond acceptors (Lipinski definition) is 1. The number of hydrogen-bond donors (Lipinski definition) is 1. The average molecular weight is 191 g/mol. The second-order valence-corrected chi connectivity index (χ2v) is 3.01. The molecule has 14 heavy (non-hydrogen) atoms. The van der Waals surface area contributed by atoms with Gasteiger partial charge in [-0.1, -0.05) is 12.2 Å². The zero-order chi connectivity index (χ0) is 10.4. The van der Waals surface area contributed by atoms with Crippen LogP contribution in [0.4, 0.5) is 10.1 Å². The van der Waals surface area contributed by atoms with E-state index in [4.69, 9.17) is 0 Å². The lowest BCUT2D eigenvalue weighted by Crippen LogP contribution is -1.94. The summed E-state index contributed by atoms with van der Waals surface area (Å²) in [6.07, 6.45) is 5.87. The average Bonchev–Trinajstić information content (AvgIpc) is 2.18. The lowest BCUT2D eigenvalue weighted by molar-refractivity contribution is 0.628. The van der Waals surface area contributed by atoms with E-state index in [-0.39, 0.29) is 5.82 Å². The van der Waals surface area contributed by atoms with Crippen LogP contribution in [0.25, 0.3) is 0 Å². The third kappa shape index (κ3) is 3.44. The van der Waals surface area contributed by atoms with Gasteiger partial charge < -0.3 is 5.32 Å². The van der Waals surface area contributed by atoms with Crippen LogP contribution in [0.2, 0.25) is 0 Å². The Kier molecular flexibility index (Phi) is 3.92. The van der Waals surface area contributed by atoms with Crippen LogP contribution in [0.15, 0.2) is 48.2 Å². The zero-order valence-corrected chi connectivity index (χ0v) is 8.42. The van der Waals surface area contributed by atoms with Gasteiger partial charge in [0.1, 0.15) is 5.82 Å². The van der Waals surface area contributed by atoms with Crippen LogP contribution < -0.4 is 5.32 Å². The number of nitrogens with one attached hydrogen (secondary N) is 1. The fourth-order valence-corrected chi connectivity index (χ4v) is 1.04. The first-order valence-corrected chi connectivity index (χ1v) is 4.54. The van der Waals surface area contributed by atoms with Crippen LogP contribution in [0.3, 0.4) is 0 Å². The fourth-order valence-electron chi connectivity index (χ4n) is 1.04. The van der Waals surface area contributed by atoms with E-state index in [9.17, 15) is 4.39 Å². The first kappa shape index (κ1) is 10.5. The molecule has 0 aliphatic heterocycles. The molecule has 0 heterocycles. The van der Waals surface area contributed by atoms with E-state index in [0.717, 1.165) is 11.4 Å². The van der Waals surface area contributed by atoms with Crippen molar-refractivity contribution in [1.29, 1.82) is 0 Å². The molecule has 1 nitrogen and oxygen atoms in total. The highest BCUT2D eigenvalue weighted by molar-refractivity contribution is 5.48. The Morgan fingerprint density at radius 2 is 1.93 bits per heavy atom. The van der Waals surface area contributed by atoms with Crippen LogP contribution in [0.1, 0.15) is 13.8 Å². The molecule has 0 bridgehead atoms. The molecule has 0 saturated heterocycles. The van der Waals surface area contributed by atoms with Crippen LogP contribution >= 0.6 is 0 Å². The van der Waals surface area contributed by atoms with E-state index < -0.39 is 0 Å². The molecule has 0 saturated carbocycles. The van der Waals surface area contributed by atoms with Gasteiger partial charge in [-0.05, 0) is 44.2 Å². The third-order valence-electron chi connectivity index (χ3n) is 1.72. The molecule has 0 aliphatic rings. The summed E-state index contributed by atoms with van der Waals surface area (Å²) < 4.78 is 12.6. The first-order valence-electron chi connectivity index (χ1n) is 4.54. The van der Waals surface area contributed by atoms with Crippen molar-refractivity contribution in [3.05, 3.63) is 54.0 Å². The van der Waals surface area contributed by atoms with Crippen LogP contribution in [0, 0.1) is 5.82 Å². The fraction of sp³-hybridized carbons (Fsp3) is 0.167. The van der Waals surface area contributed by atoms with Crippen molar-refractivity contribution in [2.45, 2.75) is 13.8 Å². The maximum atomic E-state index is 12.6. The molecule has 0 aliphatic carbocycles. The summed E-state index contributed by atoms with van der Waals surface area (Å²) in [5.74, 6) is -0.217. The molecule has 0 fully saturated rings. The van der Waals surface area contributed by atoms with Crippen LogP contribution in [-0.4, -0.2) is 0 Å². The predicted octanol–water partition coefficient (Wildman–Crippen LogP) is 3.72. The standard InChI is InChI=1S/C12H14FN/c1-3-4-5-10(2)14-12-8-6-11(13)7-9-12/h3-9,14H,1-2H3/b4-3-,10-5+. The molecule has 0 aromatic heterocycles. The molecule has 2 heteroatoms. The monoisotopic (exact) mass is 191 g/mol. The van der Waals surface area contributed by atoms with Gasteiger partial charge in [0.25, 0.3) is 0 Å². The van der Waals surface area contributed by atoms with Crippen molar-refractivity contribution in [1.82, 2.24) is 0 Å². The summed E-state index contributed by atoms with van der Waals surface area (Å²) in [5, 5.41) is 3.15. The molecule has 1 aromatic rings. The number of allylic oxidation sites excluding steroid dienone is 4. The molecule has 0 amide bonds. The van der Waals surface area contributed by atoms with Crippen molar-refractivity contribution < 1.29 is 4.39 Å². The summed E-state index contributed by atoms with van der Waals surface area (Å²) in [6, 6.07) is 6.29.